The van der Waals surface area contributed by atoms with Crippen molar-refractivity contribution in [3.8, 4) is 0 Å². The summed E-state index contributed by atoms with van der Waals surface area (Å²) in [5.41, 5.74) is 0.240. The van der Waals surface area contributed by atoms with Gasteiger partial charge in [-0.25, -0.2) is 14.1 Å². The molecular formula is C16H21FN3O2+. The van der Waals surface area contributed by atoms with Crippen LogP contribution in [-0.2, 0) is 11.3 Å². The van der Waals surface area contributed by atoms with Gasteiger partial charge >= 0.3 is 6.03 Å². The first-order valence-corrected chi connectivity index (χ1v) is 7.60. The molecule has 0 radical (unpaired) electrons. The molecule has 1 aromatic rings. The summed E-state index contributed by atoms with van der Waals surface area (Å²) in [5.74, 6) is -0.125. The highest BCUT2D eigenvalue weighted by molar-refractivity contribution is 6.07. The van der Waals surface area contributed by atoms with Crippen LogP contribution in [0.25, 0.3) is 0 Å². The third-order valence-corrected chi connectivity index (χ3v) is 4.54. The Bertz CT molecular complexity index is 600. The Kier molecular flexibility index (Phi) is 3.64. The molecule has 1 aromatic carbocycles. The van der Waals surface area contributed by atoms with Gasteiger partial charge in [0.05, 0.1) is 7.05 Å². The molecule has 22 heavy (non-hydrogen) atoms. The van der Waals surface area contributed by atoms with E-state index < -0.39 is 5.54 Å². The lowest BCUT2D eigenvalue weighted by Crippen LogP contribution is -3.09. The number of halogens is 1. The van der Waals surface area contributed by atoms with Crippen LogP contribution in [0, 0.1) is 11.7 Å². The maximum atomic E-state index is 12.9. The van der Waals surface area contributed by atoms with Gasteiger partial charge in [0, 0.05) is 5.56 Å². The monoisotopic (exact) mass is 306 g/mol. The van der Waals surface area contributed by atoms with E-state index in [0.717, 1.165) is 23.3 Å². The molecule has 1 heterocycles. The topological polar surface area (TPSA) is 53.9 Å². The number of quaternary nitrogens is 1. The summed E-state index contributed by atoms with van der Waals surface area (Å²) < 4.78 is 12.9. The molecule has 2 N–H and O–H groups in total. The van der Waals surface area contributed by atoms with Crippen molar-refractivity contribution >= 4 is 11.9 Å². The molecule has 0 aromatic heterocycles. The summed E-state index contributed by atoms with van der Waals surface area (Å²) in [7, 11) is 1.91. The van der Waals surface area contributed by atoms with Crippen LogP contribution in [0.5, 0.6) is 0 Å². The van der Waals surface area contributed by atoms with Gasteiger partial charge in [-0.2, -0.15) is 0 Å². The van der Waals surface area contributed by atoms with Gasteiger partial charge in [0.2, 0.25) is 0 Å². The number of hydrogen-bond donors (Lipinski definition) is 2. The lowest BCUT2D eigenvalue weighted by Gasteiger charge is -2.22. The van der Waals surface area contributed by atoms with Crippen LogP contribution in [-0.4, -0.2) is 36.1 Å². The second-order valence-corrected chi connectivity index (χ2v) is 6.56. The van der Waals surface area contributed by atoms with Crippen molar-refractivity contribution in [1.29, 1.82) is 0 Å². The van der Waals surface area contributed by atoms with E-state index in [-0.39, 0.29) is 23.7 Å². The van der Waals surface area contributed by atoms with Crippen molar-refractivity contribution in [3.63, 3.8) is 0 Å². The Balaban J connectivity index is 1.63. The maximum absolute atomic E-state index is 12.9. The van der Waals surface area contributed by atoms with Crippen LogP contribution in [0.2, 0.25) is 0 Å². The highest BCUT2D eigenvalue weighted by Crippen LogP contribution is 2.42. The minimum absolute atomic E-state index is 0.126. The molecule has 6 heteroatoms. The number of carbonyl (C=O) groups excluding carboxylic acids is 2. The molecule has 5 nitrogen and oxygen atoms in total. The van der Waals surface area contributed by atoms with Crippen LogP contribution >= 0.6 is 0 Å². The van der Waals surface area contributed by atoms with Crippen molar-refractivity contribution in [2.75, 3.05) is 13.7 Å². The minimum Gasteiger partial charge on any atom is -0.323 e. The number of carbonyl (C=O) groups is 2. The first kappa shape index (κ1) is 15.0. The predicted octanol–water partition coefficient (Wildman–Crippen LogP) is 0.518. The molecular weight excluding hydrogens is 285 g/mol. The zero-order valence-electron chi connectivity index (χ0n) is 12.9. The summed E-state index contributed by atoms with van der Waals surface area (Å²) in [6.45, 7) is 2.75. The van der Waals surface area contributed by atoms with Crippen LogP contribution in [0.1, 0.15) is 25.3 Å². The number of hydrogen-bond acceptors (Lipinski definition) is 2. The lowest BCUT2D eigenvalue weighted by atomic mass is 9.96. The third kappa shape index (κ3) is 2.70. The molecule has 2 aliphatic rings. The SMILES string of the molecule is C[NH+](Cc1ccc(F)cc1)CN1C(=O)N[C@](C)(C2CC2)C1=O. The number of urea groups is 1. The summed E-state index contributed by atoms with van der Waals surface area (Å²) >= 11 is 0. The normalized spacial score (nSPS) is 26.2. The fourth-order valence-corrected chi connectivity index (χ4v) is 3.07. The van der Waals surface area contributed by atoms with E-state index in [9.17, 15) is 14.0 Å². The molecule has 1 saturated carbocycles. The molecule has 2 fully saturated rings. The Hall–Kier alpha value is -1.95. The maximum Gasteiger partial charge on any atom is 0.329 e. The first-order chi connectivity index (χ1) is 10.4. The van der Waals surface area contributed by atoms with Gasteiger partial charge < -0.3 is 10.2 Å². The van der Waals surface area contributed by atoms with Crippen LogP contribution in [0.3, 0.4) is 0 Å². The molecule has 1 aliphatic carbocycles. The van der Waals surface area contributed by atoms with Crippen molar-refractivity contribution in [2.45, 2.75) is 31.8 Å². The highest BCUT2D eigenvalue weighted by atomic mass is 19.1. The Morgan fingerprint density at radius 1 is 1.32 bits per heavy atom. The predicted molar refractivity (Wildman–Crippen MR) is 78.4 cm³/mol. The summed E-state index contributed by atoms with van der Waals surface area (Å²) in [6.07, 6.45) is 1.99. The number of imide groups is 1. The average molecular weight is 306 g/mol. The molecule has 2 atom stereocenters. The van der Waals surface area contributed by atoms with Crippen LogP contribution < -0.4 is 10.2 Å². The fraction of sp³-hybridized carbons (Fsp3) is 0.500. The first-order valence-electron chi connectivity index (χ1n) is 7.60. The fourth-order valence-electron chi connectivity index (χ4n) is 3.07. The number of amides is 3. The molecule has 0 bridgehead atoms. The van der Waals surface area contributed by atoms with Gasteiger partial charge in [-0.05, 0) is 37.8 Å². The molecule has 3 rings (SSSR count). The van der Waals surface area contributed by atoms with Gasteiger partial charge in [0.15, 0.2) is 6.67 Å². The number of rotatable bonds is 5. The van der Waals surface area contributed by atoms with Crippen molar-refractivity contribution < 1.29 is 18.9 Å². The van der Waals surface area contributed by atoms with E-state index >= 15 is 0 Å². The van der Waals surface area contributed by atoms with E-state index in [1.165, 1.54) is 17.0 Å². The van der Waals surface area contributed by atoms with Crippen LogP contribution in [0.15, 0.2) is 24.3 Å². The summed E-state index contributed by atoms with van der Waals surface area (Å²) in [4.78, 5) is 26.9. The Labute approximate surface area is 129 Å². The van der Waals surface area contributed by atoms with Gasteiger partial charge in [-0.15, -0.1) is 0 Å². The van der Waals surface area contributed by atoms with E-state index in [1.54, 1.807) is 12.1 Å². The largest absolute Gasteiger partial charge is 0.329 e. The third-order valence-electron chi connectivity index (χ3n) is 4.54. The smallest absolute Gasteiger partial charge is 0.323 e. The average Bonchev–Trinajstić information content (AvgIpc) is 3.28. The van der Waals surface area contributed by atoms with E-state index in [2.05, 4.69) is 5.32 Å². The van der Waals surface area contributed by atoms with Crippen molar-refractivity contribution in [1.82, 2.24) is 10.2 Å². The molecule has 0 spiro atoms. The molecule has 1 saturated heterocycles. The van der Waals surface area contributed by atoms with Crippen LogP contribution in [0.4, 0.5) is 9.18 Å². The Morgan fingerprint density at radius 3 is 2.55 bits per heavy atom. The minimum atomic E-state index is -0.729. The van der Waals surface area contributed by atoms with E-state index in [4.69, 9.17) is 0 Å². The quantitative estimate of drug-likeness (QED) is 0.779. The molecule has 3 amide bonds. The summed E-state index contributed by atoms with van der Waals surface area (Å²) in [6, 6.07) is 5.97. The van der Waals surface area contributed by atoms with E-state index in [1.807, 2.05) is 14.0 Å². The van der Waals surface area contributed by atoms with Gasteiger partial charge in [-0.1, -0.05) is 12.1 Å². The van der Waals surface area contributed by atoms with Crippen molar-refractivity contribution in [3.05, 3.63) is 35.6 Å². The zero-order valence-corrected chi connectivity index (χ0v) is 12.9. The highest BCUT2D eigenvalue weighted by Gasteiger charge is 2.56. The Morgan fingerprint density at radius 2 is 1.95 bits per heavy atom. The zero-order chi connectivity index (χ0) is 15.9. The second kappa shape index (κ2) is 5.35. The van der Waals surface area contributed by atoms with E-state index in [0.29, 0.717) is 13.2 Å². The summed E-state index contributed by atoms with van der Waals surface area (Å²) in [5, 5.41) is 2.84. The van der Waals surface area contributed by atoms with Gasteiger partial charge in [0.25, 0.3) is 5.91 Å². The standard InChI is InChI=1S/C16H20FN3O2/c1-16(12-5-6-12)14(21)20(15(22)18-16)10-19(2)9-11-3-7-13(17)8-4-11/h3-4,7-8,12H,5-6,9-10H2,1-2H3,(H,18,22)/p+1/t16-/m1/s1. The van der Waals surface area contributed by atoms with Gasteiger partial charge in [-0.3, -0.25) is 4.79 Å². The number of nitrogens with one attached hydrogen (secondary N) is 2. The number of nitrogens with zero attached hydrogens (tertiary/aromatic N) is 1. The number of benzene rings is 1. The molecule has 118 valence electrons. The van der Waals surface area contributed by atoms with Gasteiger partial charge in [0.1, 0.15) is 17.9 Å². The lowest BCUT2D eigenvalue weighted by molar-refractivity contribution is -0.901. The molecule has 1 aliphatic heterocycles. The van der Waals surface area contributed by atoms with Crippen molar-refractivity contribution in [2.24, 2.45) is 5.92 Å². The second-order valence-electron chi connectivity index (χ2n) is 6.56. The molecule has 1 unspecified atom stereocenters.